The molecule has 0 saturated carbocycles. The van der Waals surface area contributed by atoms with Crippen LogP contribution >= 0.6 is 0 Å². The normalized spacial score (nSPS) is 10.6. The Kier molecular flexibility index (Phi) is 5.48. The van der Waals surface area contributed by atoms with Gasteiger partial charge in [-0.3, -0.25) is 0 Å². The van der Waals surface area contributed by atoms with Gasteiger partial charge in [-0.05, 0) is 45.8 Å². The summed E-state index contributed by atoms with van der Waals surface area (Å²) in [6, 6.07) is 29.7. The SMILES string of the molecule is [Be+2].[O-]c1c2ccccc2nc2ccccc12.[O-]c1c2ccccc2nc2ccccc12. The maximum atomic E-state index is 12.0. The standard InChI is InChI=1S/2C13H9NO.Be/c2*15-13-9-5-1-3-7-11(9)14-12-8-4-2-6-10(12)13;/h2*1-8H,(H,14,15);/q;;+2/p-2. The monoisotopic (exact) mass is 397 g/mol. The molecule has 0 saturated heterocycles. The number of aromatic nitrogens is 2. The van der Waals surface area contributed by atoms with Gasteiger partial charge < -0.3 is 10.2 Å². The average Bonchev–Trinajstić information content (AvgIpc) is 2.80. The largest absolute Gasteiger partial charge is 2.00 e. The van der Waals surface area contributed by atoms with E-state index in [1.807, 2.05) is 97.1 Å². The Labute approximate surface area is 182 Å². The smallest absolute Gasteiger partial charge is 0.872 e. The molecule has 0 atom stereocenters. The summed E-state index contributed by atoms with van der Waals surface area (Å²) in [4.78, 5) is 8.88. The maximum absolute atomic E-state index is 12.0. The van der Waals surface area contributed by atoms with Gasteiger partial charge in [0.05, 0.1) is 22.1 Å². The first-order valence-electron chi connectivity index (χ1n) is 9.61. The molecule has 0 fully saturated rings. The van der Waals surface area contributed by atoms with Gasteiger partial charge in [-0.15, -0.1) is 0 Å². The molecule has 0 amide bonds. The van der Waals surface area contributed by atoms with Crippen LogP contribution in [0.4, 0.5) is 0 Å². The summed E-state index contributed by atoms with van der Waals surface area (Å²) >= 11 is 0. The zero-order chi connectivity index (χ0) is 20.5. The quantitative estimate of drug-likeness (QED) is 0.279. The second-order valence-electron chi connectivity index (χ2n) is 6.95. The molecule has 0 aliphatic carbocycles. The van der Waals surface area contributed by atoms with Gasteiger partial charge in [0.25, 0.3) is 0 Å². The van der Waals surface area contributed by atoms with E-state index in [1.54, 1.807) is 0 Å². The first kappa shape index (κ1) is 20.3. The molecule has 0 aliphatic rings. The molecule has 0 unspecified atom stereocenters. The molecule has 2 aromatic heterocycles. The van der Waals surface area contributed by atoms with Crippen molar-refractivity contribution in [3.63, 3.8) is 0 Å². The minimum Gasteiger partial charge on any atom is -0.872 e. The van der Waals surface area contributed by atoms with Gasteiger partial charge >= 0.3 is 10.1 Å². The Morgan fingerprint density at radius 1 is 0.387 bits per heavy atom. The summed E-state index contributed by atoms with van der Waals surface area (Å²) in [6.45, 7) is 0. The van der Waals surface area contributed by atoms with Crippen LogP contribution in [0.1, 0.15) is 0 Å². The summed E-state index contributed by atoms with van der Waals surface area (Å²) in [7, 11) is 0. The minimum absolute atomic E-state index is 0. The summed E-state index contributed by atoms with van der Waals surface area (Å²) < 4.78 is 0. The van der Waals surface area contributed by atoms with Crippen LogP contribution in [-0.4, -0.2) is 20.1 Å². The van der Waals surface area contributed by atoms with E-state index in [1.165, 1.54) is 0 Å². The van der Waals surface area contributed by atoms with Crippen LogP contribution in [0.15, 0.2) is 97.1 Å². The topological polar surface area (TPSA) is 71.9 Å². The van der Waals surface area contributed by atoms with E-state index < -0.39 is 0 Å². The van der Waals surface area contributed by atoms with Crippen molar-refractivity contribution in [2.75, 3.05) is 0 Å². The van der Waals surface area contributed by atoms with E-state index in [2.05, 4.69) is 9.97 Å². The van der Waals surface area contributed by atoms with Crippen molar-refractivity contribution in [2.45, 2.75) is 0 Å². The van der Waals surface area contributed by atoms with E-state index in [0.29, 0.717) is 21.5 Å². The van der Waals surface area contributed by atoms with Gasteiger partial charge in [0.15, 0.2) is 0 Å². The van der Waals surface area contributed by atoms with E-state index in [4.69, 9.17) is 0 Å². The molecule has 4 nitrogen and oxygen atoms in total. The van der Waals surface area contributed by atoms with Crippen molar-refractivity contribution in [3.8, 4) is 11.5 Å². The van der Waals surface area contributed by atoms with Crippen LogP contribution in [0.3, 0.4) is 0 Å². The third kappa shape index (κ3) is 3.65. The van der Waals surface area contributed by atoms with Crippen LogP contribution in [0, 0.1) is 0 Å². The van der Waals surface area contributed by atoms with Gasteiger partial charge in [-0.2, -0.15) is 0 Å². The minimum atomic E-state index is 0. The molecule has 144 valence electrons. The van der Waals surface area contributed by atoms with E-state index in [0.717, 1.165) is 22.1 Å². The van der Waals surface area contributed by atoms with Crippen LogP contribution < -0.4 is 10.2 Å². The summed E-state index contributed by atoms with van der Waals surface area (Å²) in [5, 5.41) is 26.9. The van der Waals surface area contributed by atoms with Crippen LogP contribution in [0.5, 0.6) is 11.5 Å². The maximum Gasteiger partial charge on any atom is 2.00 e. The van der Waals surface area contributed by atoms with E-state index >= 15 is 0 Å². The molecule has 0 spiro atoms. The average molecular weight is 397 g/mol. The Hall–Kier alpha value is -4.01. The van der Waals surface area contributed by atoms with Crippen LogP contribution in [0.2, 0.25) is 0 Å². The second kappa shape index (κ2) is 8.39. The van der Waals surface area contributed by atoms with Gasteiger partial charge in [-0.1, -0.05) is 84.3 Å². The number of para-hydroxylation sites is 4. The fraction of sp³-hybridized carbons (Fsp3) is 0. The van der Waals surface area contributed by atoms with E-state index in [-0.39, 0.29) is 21.6 Å². The molecule has 0 aliphatic heterocycles. The second-order valence-corrected chi connectivity index (χ2v) is 6.95. The van der Waals surface area contributed by atoms with E-state index in [9.17, 15) is 10.2 Å². The Morgan fingerprint density at radius 2 is 0.613 bits per heavy atom. The number of fused-ring (bicyclic) bond motifs is 4. The molecule has 0 radical (unpaired) electrons. The molecule has 0 bridgehead atoms. The molecular formula is C26H16BeN2O2. The number of benzene rings is 4. The van der Waals surface area contributed by atoms with Crippen molar-refractivity contribution in [3.05, 3.63) is 97.1 Å². The Bertz CT molecular complexity index is 1310. The Morgan fingerprint density at radius 3 is 0.871 bits per heavy atom. The zero-order valence-electron chi connectivity index (χ0n) is 16.7. The fourth-order valence-corrected chi connectivity index (χ4v) is 3.60. The van der Waals surface area contributed by atoms with Gasteiger partial charge in [0.2, 0.25) is 0 Å². The van der Waals surface area contributed by atoms with Crippen LogP contribution in [0.25, 0.3) is 43.6 Å². The number of hydrogen-bond donors (Lipinski definition) is 0. The third-order valence-electron chi connectivity index (χ3n) is 5.08. The predicted molar refractivity (Wildman–Crippen MR) is 123 cm³/mol. The van der Waals surface area contributed by atoms with Crippen molar-refractivity contribution < 1.29 is 10.2 Å². The predicted octanol–water partition coefficient (Wildman–Crippen LogP) is 4.54. The van der Waals surface area contributed by atoms with Crippen molar-refractivity contribution in [2.24, 2.45) is 0 Å². The van der Waals surface area contributed by atoms with Crippen LogP contribution in [-0.2, 0) is 0 Å². The molecule has 2 heterocycles. The zero-order valence-corrected chi connectivity index (χ0v) is 16.7. The number of pyridine rings is 2. The van der Waals surface area contributed by atoms with Gasteiger partial charge in [0.1, 0.15) is 0 Å². The van der Waals surface area contributed by atoms with Crippen molar-refractivity contribution >= 4 is 53.7 Å². The summed E-state index contributed by atoms with van der Waals surface area (Å²) in [5.74, 6) is 0.132. The summed E-state index contributed by atoms with van der Waals surface area (Å²) in [5.41, 5.74) is 3.06. The molecule has 5 heteroatoms. The van der Waals surface area contributed by atoms with Gasteiger partial charge in [-0.25, -0.2) is 9.97 Å². The molecular weight excluding hydrogens is 381 g/mol. The molecule has 6 aromatic rings. The Balaban J connectivity index is 0.000000144. The fourth-order valence-electron chi connectivity index (χ4n) is 3.60. The molecule has 0 N–H and O–H groups in total. The number of nitrogens with zero attached hydrogens (tertiary/aromatic N) is 2. The first-order chi connectivity index (χ1) is 14.7. The molecule has 4 aromatic carbocycles. The first-order valence-corrected chi connectivity index (χ1v) is 9.61. The number of rotatable bonds is 0. The van der Waals surface area contributed by atoms with Gasteiger partial charge in [0, 0.05) is 0 Å². The summed E-state index contributed by atoms with van der Waals surface area (Å²) in [6.07, 6.45) is 0. The number of hydrogen-bond acceptors (Lipinski definition) is 4. The van der Waals surface area contributed by atoms with Crippen molar-refractivity contribution in [1.29, 1.82) is 0 Å². The molecule has 31 heavy (non-hydrogen) atoms. The third-order valence-corrected chi connectivity index (χ3v) is 5.08. The van der Waals surface area contributed by atoms with Crippen molar-refractivity contribution in [1.82, 2.24) is 9.97 Å². The molecule has 6 rings (SSSR count).